The number of hydrogen-bond donors (Lipinski definition) is 0. The molecule has 2 aliphatic heterocycles. The standard InChI is InChI=1S/C20H30N2O4S/c1-15(2)17-4-6-19(7-5-17)27(24,25)22-10-8-18(9-11-22)20(23)21-12-13-26-16(3)14-21/h4-7,15-16,18H,8-14H2,1-3H3. The molecule has 0 saturated carbocycles. The first-order valence-corrected chi connectivity index (χ1v) is 11.2. The summed E-state index contributed by atoms with van der Waals surface area (Å²) in [6, 6.07) is 7.15. The summed E-state index contributed by atoms with van der Waals surface area (Å²) < 4.78 is 32.8. The van der Waals surface area contributed by atoms with Crippen LogP contribution in [0.3, 0.4) is 0 Å². The zero-order valence-electron chi connectivity index (χ0n) is 16.4. The number of carbonyl (C=O) groups excluding carboxylic acids is 1. The van der Waals surface area contributed by atoms with E-state index in [2.05, 4.69) is 13.8 Å². The van der Waals surface area contributed by atoms with Gasteiger partial charge in [0.2, 0.25) is 15.9 Å². The first kappa shape index (κ1) is 20.3. The van der Waals surface area contributed by atoms with Crippen LogP contribution in [-0.4, -0.2) is 62.4 Å². The Kier molecular flexibility index (Phi) is 6.23. The molecular formula is C20H30N2O4S. The second-order valence-corrected chi connectivity index (χ2v) is 9.81. The molecule has 1 aromatic rings. The van der Waals surface area contributed by atoms with Crippen LogP contribution in [0.25, 0.3) is 0 Å². The molecule has 0 aliphatic carbocycles. The quantitative estimate of drug-likeness (QED) is 0.787. The van der Waals surface area contributed by atoms with Crippen LogP contribution in [0.2, 0.25) is 0 Å². The summed E-state index contributed by atoms with van der Waals surface area (Å²) in [6.45, 7) is 8.76. The van der Waals surface area contributed by atoms with E-state index in [1.165, 1.54) is 4.31 Å². The Morgan fingerprint density at radius 3 is 2.30 bits per heavy atom. The fourth-order valence-corrected chi connectivity index (χ4v) is 5.26. The maximum Gasteiger partial charge on any atom is 0.243 e. The first-order valence-electron chi connectivity index (χ1n) is 9.79. The van der Waals surface area contributed by atoms with Crippen LogP contribution in [0.5, 0.6) is 0 Å². The Balaban J connectivity index is 1.61. The number of benzene rings is 1. The van der Waals surface area contributed by atoms with Crippen molar-refractivity contribution in [3.63, 3.8) is 0 Å². The third-order valence-electron chi connectivity index (χ3n) is 5.54. The highest BCUT2D eigenvalue weighted by molar-refractivity contribution is 7.89. The second kappa shape index (κ2) is 8.29. The van der Waals surface area contributed by atoms with Gasteiger partial charge in [0.25, 0.3) is 0 Å². The monoisotopic (exact) mass is 394 g/mol. The van der Waals surface area contributed by atoms with E-state index in [1.54, 1.807) is 12.1 Å². The number of hydrogen-bond acceptors (Lipinski definition) is 4. The van der Waals surface area contributed by atoms with Gasteiger partial charge in [0.1, 0.15) is 0 Å². The van der Waals surface area contributed by atoms with Crippen molar-refractivity contribution < 1.29 is 17.9 Å². The molecule has 1 aromatic carbocycles. The van der Waals surface area contributed by atoms with Gasteiger partial charge in [-0.1, -0.05) is 26.0 Å². The summed E-state index contributed by atoms with van der Waals surface area (Å²) in [7, 11) is -3.50. The summed E-state index contributed by atoms with van der Waals surface area (Å²) in [6.07, 6.45) is 1.22. The SMILES string of the molecule is CC1CN(C(=O)C2CCN(S(=O)(=O)c3ccc(C(C)C)cc3)CC2)CCO1. The minimum absolute atomic E-state index is 0.0666. The summed E-state index contributed by atoms with van der Waals surface area (Å²) in [5.41, 5.74) is 1.12. The van der Waals surface area contributed by atoms with Crippen molar-refractivity contribution >= 4 is 15.9 Å². The van der Waals surface area contributed by atoms with E-state index in [4.69, 9.17) is 4.74 Å². The van der Waals surface area contributed by atoms with E-state index < -0.39 is 10.0 Å². The maximum absolute atomic E-state index is 12.9. The highest BCUT2D eigenvalue weighted by Crippen LogP contribution is 2.26. The molecule has 0 N–H and O–H groups in total. The number of morpholine rings is 1. The van der Waals surface area contributed by atoms with E-state index in [-0.39, 0.29) is 17.9 Å². The molecule has 1 atom stereocenters. The lowest BCUT2D eigenvalue weighted by Gasteiger charge is -2.36. The van der Waals surface area contributed by atoms with Crippen LogP contribution in [-0.2, 0) is 19.6 Å². The summed E-state index contributed by atoms with van der Waals surface area (Å²) in [4.78, 5) is 14.9. The number of ether oxygens (including phenoxy) is 1. The van der Waals surface area contributed by atoms with Crippen molar-refractivity contribution in [2.45, 2.75) is 50.5 Å². The molecule has 2 fully saturated rings. The molecule has 1 unspecified atom stereocenters. The van der Waals surface area contributed by atoms with Crippen LogP contribution in [0.1, 0.15) is 45.1 Å². The normalized spacial score (nSPS) is 23.0. The van der Waals surface area contributed by atoms with Gasteiger partial charge in [0, 0.05) is 32.1 Å². The average molecular weight is 395 g/mol. The van der Waals surface area contributed by atoms with E-state index >= 15 is 0 Å². The molecule has 2 aliphatic rings. The van der Waals surface area contributed by atoms with Crippen molar-refractivity contribution in [3.05, 3.63) is 29.8 Å². The zero-order chi connectivity index (χ0) is 19.6. The van der Waals surface area contributed by atoms with Crippen LogP contribution >= 0.6 is 0 Å². The van der Waals surface area contributed by atoms with Gasteiger partial charge in [0.05, 0.1) is 17.6 Å². The smallest absolute Gasteiger partial charge is 0.243 e. The lowest BCUT2D eigenvalue weighted by atomic mass is 9.96. The van der Waals surface area contributed by atoms with Gasteiger partial charge in [-0.2, -0.15) is 4.31 Å². The van der Waals surface area contributed by atoms with Gasteiger partial charge in [0.15, 0.2) is 0 Å². The van der Waals surface area contributed by atoms with Crippen LogP contribution in [0.4, 0.5) is 0 Å². The lowest BCUT2D eigenvalue weighted by Crippen LogP contribution is -2.49. The van der Waals surface area contributed by atoms with Crippen molar-refractivity contribution in [3.8, 4) is 0 Å². The fraction of sp³-hybridized carbons (Fsp3) is 0.650. The number of nitrogens with zero attached hydrogens (tertiary/aromatic N) is 2. The molecule has 0 radical (unpaired) electrons. The Morgan fingerprint density at radius 1 is 1.11 bits per heavy atom. The summed E-state index contributed by atoms with van der Waals surface area (Å²) in [5.74, 6) is 0.417. The van der Waals surface area contributed by atoms with Gasteiger partial charge in [-0.3, -0.25) is 4.79 Å². The number of sulfonamides is 1. The molecule has 1 amide bonds. The number of rotatable bonds is 4. The molecule has 3 rings (SSSR count). The Bertz CT molecular complexity index is 753. The summed E-state index contributed by atoms with van der Waals surface area (Å²) in [5, 5.41) is 0. The highest BCUT2D eigenvalue weighted by atomic mass is 32.2. The largest absolute Gasteiger partial charge is 0.375 e. The Hall–Kier alpha value is -1.44. The minimum Gasteiger partial charge on any atom is -0.375 e. The van der Waals surface area contributed by atoms with E-state index in [1.807, 2.05) is 24.0 Å². The number of amides is 1. The molecule has 27 heavy (non-hydrogen) atoms. The molecule has 2 saturated heterocycles. The number of piperidine rings is 1. The minimum atomic E-state index is -3.50. The van der Waals surface area contributed by atoms with Crippen LogP contribution < -0.4 is 0 Å². The van der Waals surface area contributed by atoms with Gasteiger partial charge >= 0.3 is 0 Å². The van der Waals surface area contributed by atoms with Gasteiger partial charge in [-0.25, -0.2) is 8.42 Å². The third kappa shape index (κ3) is 4.52. The van der Waals surface area contributed by atoms with Crippen molar-refractivity contribution in [1.29, 1.82) is 0 Å². The fourth-order valence-electron chi connectivity index (χ4n) is 3.79. The molecule has 6 nitrogen and oxygen atoms in total. The lowest BCUT2D eigenvalue weighted by molar-refractivity contribution is -0.143. The molecule has 0 aromatic heterocycles. The molecule has 0 bridgehead atoms. The van der Waals surface area contributed by atoms with Gasteiger partial charge in [-0.05, 0) is 43.4 Å². The first-order chi connectivity index (χ1) is 12.8. The van der Waals surface area contributed by atoms with Crippen LogP contribution in [0.15, 0.2) is 29.2 Å². The van der Waals surface area contributed by atoms with Crippen molar-refractivity contribution in [2.75, 3.05) is 32.8 Å². The Morgan fingerprint density at radius 2 is 1.74 bits per heavy atom. The average Bonchev–Trinajstić information content (AvgIpc) is 2.67. The van der Waals surface area contributed by atoms with E-state index in [9.17, 15) is 13.2 Å². The van der Waals surface area contributed by atoms with E-state index in [0.717, 1.165) is 5.56 Å². The molecular weight excluding hydrogens is 364 g/mol. The van der Waals surface area contributed by atoms with Gasteiger partial charge < -0.3 is 9.64 Å². The zero-order valence-corrected chi connectivity index (χ0v) is 17.2. The van der Waals surface area contributed by atoms with Crippen LogP contribution in [0, 0.1) is 5.92 Å². The maximum atomic E-state index is 12.9. The molecule has 2 heterocycles. The second-order valence-electron chi connectivity index (χ2n) is 7.87. The van der Waals surface area contributed by atoms with Crippen molar-refractivity contribution in [1.82, 2.24) is 9.21 Å². The van der Waals surface area contributed by atoms with Crippen molar-refractivity contribution in [2.24, 2.45) is 5.92 Å². The molecule has 7 heteroatoms. The summed E-state index contributed by atoms with van der Waals surface area (Å²) >= 11 is 0. The topological polar surface area (TPSA) is 66.9 Å². The van der Waals surface area contributed by atoms with Gasteiger partial charge in [-0.15, -0.1) is 0 Å². The molecule has 150 valence electrons. The predicted octanol–water partition coefficient (Wildman–Crippen LogP) is 2.46. The van der Waals surface area contributed by atoms with E-state index in [0.29, 0.717) is 56.4 Å². The predicted molar refractivity (Wildman–Crippen MR) is 104 cm³/mol. The third-order valence-corrected chi connectivity index (χ3v) is 7.45. The highest BCUT2D eigenvalue weighted by Gasteiger charge is 2.34. The molecule has 0 spiro atoms. The Labute approximate surface area is 162 Å². The number of carbonyl (C=O) groups is 1.